The second kappa shape index (κ2) is 8.06. The van der Waals surface area contributed by atoms with Crippen LogP contribution in [0.25, 0.3) is 0 Å². The first kappa shape index (κ1) is 18.1. The van der Waals surface area contributed by atoms with Gasteiger partial charge in [-0.25, -0.2) is 4.79 Å². The first-order chi connectivity index (χ1) is 11.0. The Labute approximate surface area is 146 Å². The van der Waals surface area contributed by atoms with Crippen molar-refractivity contribution >= 4 is 35.2 Å². The molecule has 1 aromatic carbocycles. The normalized spacial score (nSPS) is 18.0. The van der Waals surface area contributed by atoms with Gasteiger partial charge >= 0.3 is 5.97 Å². The van der Waals surface area contributed by atoms with Gasteiger partial charge in [0.05, 0.1) is 12.4 Å². The molecule has 1 aliphatic rings. The van der Waals surface area contributed by atoms with E-state index in [1.807, 2.05) is 19.1 Å². The molecule has 1 N–H and O–H groups in total. The van der Waals surface area contributed by atoms with Gasteiger partial charge in [0.1, 0.15) is 5.54 Å². The van der Waals surface area contributed by atoms with Crippen molar-refractivity contribution in [1.82, 2.24) is 5.32 Å². The lowest BCUT2D eigenvalue weighted by Gasteiger charge is -2.35. The van der Waals surface area contributed by atoms with Crippen LogP contribution < -0.4 is 5.32 Å². The lowest BCUT2D eigenvalue weighted by Crippen LogP contribution is -2.57. The van der Waals surface area contributed by atoms with Crippen LogP contribution in [0.3, 0.4) is 0 Å². The summed E-state index contributed by atoms with van der Waals surface area (Å²) in [4.78, 5) is 25.7. The second-order valence-electron chi connectivity index (χ2n) is 5.84. The molecule has 0 bridgehead atoms. The van der Waals surface area contributed by atoms with Crippen molar-refractivity contribution in [3.8, 4) is 0 Å². The van der Waals surface area contributed by atoms with Crippen LogP contribution >= 0.6 is 23.4 Å². The summed E-state index contributed by atoms with van der Waals surface area (Å²) < 4.78 is 4.93. The number of benzene rings is 1. The molecule has 126 valence electrons. The third-order valence-electron chi connectivity index (χ3n) is 4.14. The van der Waals surface area contributed by atoms with Crippen LogP contribution in [0.4, 0.5) is 0 Å². The van der Waals surface area contributed by atoms with Gasteiger partial charge < -0.3 is 10.1 Å². The minimum absolute atomic E-state index is 0.141. The molecular formula is C17H22ClNO3S. The van der Waals surface area contributed by atoms with Crippen LogP contribution in [0.15, 0.2) is 29.2 Å². The summed E-state index contributed by atoms with van der Waals surface area (Å²) in [6.45, 7) is 1.84. The van der Waals surface area contributed by atoms with Gasteiger partial charge in [0.25, 0.3) is 0 Å². The lowest BCUT2D eigenvalue weighted by atomic mass is 9.81. The summed E-state index contributed by atoms with van der Waals surface area (Å²) in [5.41, 5.74) is -0.862. The van der Waals surface area contributed by atoms with Crippen LogP contribution in [-0.2, 0) is 14.3 Å². The number of halogens is 1. The monoisotopic (exact) mass is 355 g/mol. The SMILES string of the molecule is COC(=O)C1(NC(=O)C(C)Sc2ccc(Cl)cc2)CCCCC1. The number of rotatable bonds is 5. The van der Waals surface area contributed by atoms with Crippen molar-refractivity contribution in [3.63, 3.8) is 0 Å². The van der Waals surface area contributed by atoms with E-state index in [1.54, 1.807) is 12.1 Å². The minimum Gasteiger partial charge on any atom is -0.467 e. The zero-order chi connectivity index (χ0) is 16.9. The highest BCUT2D eigenvalue weighted by Gasteiger charge is 2.42. The third-order valence-corrected chi connectivity index (χ3v) is 5.51. The van der Waals surface area contributed by atoms with Crippen molar-refractivity contribution < 1.29 is 14.3 Å². The van der Waals surface area contributed by atoms with E-state index in [4.69, 9.17) is 16.3 Å². The molecule has 0 spiro atoms. The summed E-state index contributed by atoms with van der Waals surface area (Å²) in [6.07, 6.45) is 4.22. The largest absolute Gasteiger partial charge is 0.467 e. The summed E-state index contributed by atoms with van der Waals surface area (Å²) in [7, 11) is 1.37. The number of thioether (sulfide) groups is 1. The Morgan fingerprint density at radius 3 is 2.39 bits per heavy atom. The standard InChI is InChI=1S/C17H22ClNO3S/c1-12(23-14-8-6-13(18)7-9-14)15(20)19-17(16(21)22-2)10-4-3-5-11-17/h6-9,12H,3-5,10-11H2,1-2H3,(H,19,20). The van der Waals surface area contributed by atoms with E-state index in [0.29, 0.717) is 17.9 Å². The van der Waals surface area contributed by atoms with E-state index in [2.05, 4.69) is 5.32 Å². The molecule has 0 radical (unpaired) electrons. The van der Waals surface area contributed by atoms with Crippen molar-refractivity contribution in [2.75, 3.05) is 7.11 Å². The molecule has 1 unspecified atom stereocenters. The Morgan fingerprint density at radius 1 is 1.22 bits per heavy atom. The van der Waals surface area contributed by atoms with Crippen LogP contribution in [0, 0.1) is 0 Å². The highest BCUT2D eigenvalue weighted by molar-refractivity contribution is 8.00. The van der Waals surface area contributed by atoms with E-state index in [-0.39, 0.29) is 17.1 Å². The van der Waals surface area contributed by atoms with Crippen LogP contribution in [0.1, 0.15) is 39.0 Å². The molecule has 6 heteroatoms. The first-order valence-electron chi connectivity index (χ1n) is 7.79. The van der Waals surface area contributed by atoms with Gasteiger partial charge in [-0.15, -0.1) is 11.8 Å². The average molecular weight is 356 g/mol. The maximum Gasteiger partial charge on any atom is 0.331 e. The molecule has 0 heterocycles. The number of hydrogen-bond acceptors (Lipinski definition) is 4. The van der Waals surface area contributed by atoms with E-state index in [0.717, 1.165) is 24.2 Å². The molecule has 0 saturated heterocycles. The minimum atomic E-state index is -0.862. The molecule has 23 heavy (non-hydrogen) atoms. The highest BCUT2D eigenvalue weighted by Crippen LogP contribution is 2.31. The number of hydrogen-bond donors (Lipinski definition) is 1. The number of carbonyl (C=O) groups excluding carboxylic acids is 2. The fraction of sp³-hybridized carbons (Fsp3) is 0.529. The molecule has 1 aliphatic carbocycles. The molecule has 1 fully saturated rings. The van der Waals surface area contributed by atoms with Crippen molar-refractivity contribution in [2.45, 2.75) is 54.7 Å². The number of ether oxygens (including phenoxy) is 1. The quantitative estimate of drug-likeness (QED) is 0.644. The molecule has 1 saturated carbocycles. The fourth-order valence-electron chi connectivity index (χ4n) is 2.84. The number of carbonyl (C=O) groups is 2. The molecular weight excluding hydrogens is 334 g/mol. The van der Waals surface area contributed by atoms with Crippen LogP contribution in [-0.4, -0.2) is 29.8 Å². The van der Waals surface area contributed by atoms with Crippen molar-refractivity contribution in [1.29, 1.82) is 0 Å². The predicted octanol–water partition coefficient (Wildman–Crippen LogP) is 3.81. The van der Waals surface area contributed by atoms with Gasteiger partial charge in [-0.3, -0.25) is 4.79 Å². The number of methoxy groups -OCH3 is 1. The van der Waals surface area contributed by atoms with Gasteiger partial charge in [-0.2, -0.15) is 0 Å². The van der Waals surface area contributed by atoms with E-state index in [1.165, 1.54) is 18.9 Å². The summed E-state index contributed by atoms with van der Waals surface area (Å²) in [5, 5.41) is 3.31. The first-order valence-corrected chi connectivity index (χ1v) is 9.05. The van der Waals surface area contributed by atoms with Crippen molar-refractivity contribution in [2.24, 2.45) is 0 Å². The van der Waals surface area contributed by atoms with Gasteiger partial charge in [-0.1, -0.05) is 30.9 Å². The van der Waals surface area contributed by atoms with E-state index < -0.39 is 5.54 Å². The Balaban J connectivity index is 2.02. The smallest absolute Gasteiger partial charge is 0.331 e. The van der Waals surface area contributed by atoms with Gasteiger partial charge in [0, 0.05) is 9.92 Å². The molecule has 1 amide bonds. The van der Waals surface area contributed by atoms with Crippen LogP contribution in [0.2, 0.25) is 5.02 Å². The van der Waals surface area contributed by atoms with Gasteiger partial charge in [-0.05, 0) is 44.0 Å². The number of amides is 1. The summed E-state index contributed by atoms with van der Waals surface area (Å²) in [6, 6.07) is 7.36. The maximum atomic E-state index is 12.5. The lowest BCUT2D eigenvalue weighted by molar-refractivity contribution is -0.152. The highest BCUT2D eigenvalue weighted by atomic mass is 35.5. The Bertz CT molecular complexity index is 555. The third kappa shape index (κ3) is 4.64. The predicted molar refractivity (Wildman–Crippen MR) is 92.7 cm³/mol. The zero-order valence-electron chi connectivity index (χ0n) is 13.4. The van der Waals surface area contributed by atoms with E-state index >= 15 is 0 Å². The Hall–Kier alpha value is -1.20. The average Bonchev–Trinajstić information content (AvgIpc) is 2.56. The van der Waals surface area contributed by atoms with E-state index in [9.17, 15) is 9.59 Å². The summed E-state index contributed by atoms with van der Waals surface area (Å²) >= 11 is 7.31. The van der Waals surface area contributed by atoms with Gasteiger partial charge in [0.15, 0.2) is 0 Å². The molecule has 1 atom stereocenters. The van der Waals surface area contributed by atoms with Crippen molar-refractivity contribution in [3.05, 3.63) is 29.3 Å². The Morgan fingerprint density at radius 2 is 1.83 bits per heavy atom. The second-order valence-corrected chi connectivity index (χ2v) is 7.69. The molecule has 0 aromatic heterocycles. The Kier molecular flexibility index (Phi) is 6.36. The van der Waals surface area contributed by atoms with Crippen LogP contribution in [0.5, 0.6) is 0 Å². The topological polar surface area (TPSA) is 55.4 Å². The zero-order valence-corrected chi connectivity index (χ0v) is 15.0. The molecule has 0 aliphatic heterocycles. The number of esters is 1. The molecule has 2 rings (SSSR count). The maximum absolute atomic E-state index is 12.5. The molecule has 4 nitrogen and oxygen atoms in total. The van der Waals surface area contributed by atoms with Gasteiger partial charge in [0.2, 0.25) is 5.91 Å². The fourth-order valence-corrected chi connectivity index (χ4v) is 3.83. The molecule has 1 aromatic rings. The number of nitrogens with one attached hydrogen (secondary N) is 1. The summed E-state index contributed by atoms with van der Waals surface area (Å²) in [5.74, 6) is -0.480.